The van der Waals surface area contributed by atoms with Crippen LogP contribution in [0.15, 0.2) is 5.38 Å². The Morgan fingerprint density at radius 1 is 1.45 bits per heavy atom. The molecule has 0 unspecified atom stereocenters. The molecule has 0 saturated heterocycles. The van der Waals surface area contributed by atoms with Crippen molar-refractivity contribution in [3.05, 3.63) is 16.1 Å². The normalized spacial score (nSPS) is 11.2. The van der Waals surface area contributed by atoms with Crippen LogP contribution in [0.25, 0.3) is 0 Å². The summed E-state index contributed by atoms with van der Waals surface area (Å²) in [6.07, 6.45) is 2.33. The molecule has 1 heterocycles. The van der Waals surface area contributed by atoms with E-state index in [1.165, 1.54) is 0 Å². The summed E-state index contributed by atoms with van der Waals surface area (Å²) >= 11 is 1.66. The second-order valence-electron chi connectivity index (χ2n) is 4.47. The highest BCUT2D eigenvalue weighted by atomic mass is 35.5. The third kappa shape index (κ3) is 9.53. The molecule has 1 amide bonds. The van der Waals surface area contributed by atoms with Gasteiger partial charge in [0.15, 0.2) is 0 Å². The number of carbonyl (C=O) groups excluding carboxylic acids is 1. The second-order valence-corrected chi connectivity index (χ2v) is 5.54. The second kappa shape index (κ2) is 12.4. The minimum absolute atomic E-state index is 0. The van der Waals surface area contributed by atoms with Crippen LogP contribution in [0.2, 0.25) is 0 Å². The van der Waals surface area contributed by atoms with Gasteiger partial charge in [0.1, 0.15) is 0 Å². The topological polar surface area (TPSA) is 54.0 Å². The molecule has 20 heavy (non-hydrogen) atoms. The summed E-state index contributed by atoms with van der Waals surface area (Å²) in [5.41, 5.74) is 1.10. The molecule has 0 radical (unpaired) electrons. The van der Waals surface area contributed by atoms with Gasteiger partial charge in [0, 0.05) is 24.4 Å². The minimum atomic E-state index is 0. The summed E-state index contributed by atoms with van der Waals surface area (Å²) in [6, 6.07) is 0.333. The number of amides is 1. The van der Waals surface area contributed by atoms with Gasteiger partial charge in [0.05, 0.1) is 10.7 Å². The summed E-state index contributed by atoms with van der Waals surface area (Å²) in [6.45, 7) is 7.77. The van der Waals surface area contributed by atoms with E-state index in [1.54, 1.807) is 11.3 Å². The smallest absolute Gasteiger partial charge is 0.220 e. The van der Waals surface area contributed by atoms with Crippen LogP contribution < -0.4 is 10.6 Å². The first-order valence-corrected chi connectivity index (χ1v) is 7.41. The number of nitrogens with zero attached hydrogens (tertiary/aromatic N) is 1. The standard InChI is InChI=1S/C13H23N3OS.2ClH/c1-4-14-10(2)8-15-13(17)7-5-6-12-9-18-11(3)16-12;;/h9-10,14H,4-8H2,1-3H3,(H,15,17);2*1H/t10-;;/m1../s1. The number of hydrogen-bond acceptors (Lipinski definition) is 4. The molecule has 0 saturated carbocycles. The van der Waals surface area contributed by atoms with Gasteiger partial charge >= 0.3 is 0 Å². The summed E-state index contributed by atoms with van der Waals surface area (Å²) in [4.78, 5) is 16.0. The van der Waals surface area contributed by atoms with Crippen molar-refractivity contribution in [3.8, 4) is 0 Å². The van der Waals surface area contributed by atoms with Gasteiger partial charge in [-0.1, -0.05) is 6.92 Å². The summed E-state index contributed by atoms with van der Waals surface area (Å²) in [5.74, 6) is 0.131. The van der Waals surface area contributed by atoms with Crippen LogP contribution in [-0.4, -0.2) is 30.0 Å². The van der Waals surface area contributed by atoms with Crippen LogP contribution in [0.4, 0.5) is 0 Å². The molecule has 118 valence electrons. The number of hydrogen-bond donors (Lipinski definition) is 2. The van der Waals surface area contributed by atoms with Gasteiger partial charge in [-0.15, -0.1) is 36.2 Å². The first-order chi connectivity index (χ1) is 8.61. The molecule has 1 rings (SSSR count). The van der Waals surface area contributed by atoms with Gasteiger partial charge in [-0.25, -0.2) is 4.98 Å². The minimum Gasteiger partial charge on any atom is -0.355 e. The summed E-state index contributed by atoms with van der Waals surface area (Å²) in [5, 5.41) is 9.36. The lowest BCUT2D eigenvalue weighted by molar-refractivity contribution is -0.121. The van der Waals surface area contributed by atoms with E-state index in [2.05, 4.69) is 34.8 Å². The van der Waals surface area contributed by atoms with Crippen molar-refractivity contribution in [1.29, 1.82) is 0 Å². The molecule has 0 aliphatic heterocycles. The Morgan fingerprint density at radius 2 is 2.15 bits per heavy atom. The van der Waals surface area contributed by atoms with Gasteiger partial charge in [0.25, 0.3) is 0 Å². The lowest BCUT2D eigenvalue weighted by atomic mass is 10.2. The summed E-state index contributed by atoms with van der Waals surface area (Å²) < 4.78 is 0. The van der Waals surface area contributed by atoms with Crippen molar-refractivity contribution in [2.45, 2.75) is 46.1 Å². The van der Waals surface area contributed by atoms with Crippen molar-refractivity contribution < 1.29 is 4.79 Å². The molecule has 1 aromatic heterocycles. The SMILES string of the molecule is CCN[C@H](C)CNC(=O)CCCc1csc(C)n1.Cl.Cl. The predicted octanol–water partition coefficient (Wildman–Crippen LogP) is 2.73. The average Bonchev–Trinajstić information content (AvgIpc) is 2.73. The number of carbonyl (C=O) groups is 1. The Bertz CT molecular complexity index is 374. The number of likely N-dealkylation sites (N-methyl/N-ethyl adjacent to an activating group) is 1. The van der Waals surface area contributed by atoms with E-state index in [9.17, 15) is 4.79 Å². The lowest BCUT2D eigenvalue weighted by Gasteiger charge is -2.12. The first kappa shape index (κ1) is 21.9. The fraction of sp³-hybridized carbons (Fsp3) is 0.692. The number of halogens is 2. The maximum absolute atomic E-state index is 11.6. The number of aromatic nitrogens is 1. The van der Waals surface area contributed by atoms with Crippen LogP contribution in [0, 0.1) is 6.92 Å². The van der Waals surface area contributed by atoms with Crippen molar-refractivity contribution in [2.24, 2.45) is 0 Å². The molecular formula is C13H25Cl2N3OS. The van der Waals surface area contributed by atoms with E-state index in [0.29, 0.717) is 19.0 Å². The highest BCUT2D eigenvalue weighted by Crippen LogP contribution is 2.10. The molecule has 0 aliphatic rings. The first-order valence-electron chi connectivity index (χ1n) is 6.53. The highest BCUT2D eigenvalue weighted by molar-refractivity contribution is 7.09. The zero-order chi connectivity index (χ0) is 13.4. The average molecular weight is 342 g/mol. The van der Waals surface area contributed by atoms with E-state index < -0.39 is 0 Å². The molecule has 1 atom stereocenters. The Kier molecular flexibility index (Phi) is 13.6. The van der Waals surface area contributed by atoms with Crippen molar-refractivity contribution >= 4 is 42.1 Å². The Balaban J connectivity index is 0. The van der Waals surface area contributed by atoms with Gasteiger partial charge < -0.3 is 10.6 Å². The number of aryl methyl sites for hydroxylation is 2. The highest BCUT2D eigenvalue weighted by Gasteiger charge is 2.05. The third-order valence-electron chi connectivity index (χ3n) is 2.66. The molecule has 2 N–H and O–H groups in total. The van der Waals surface area contributed by atoms with Gasteiger partial charge in [-0.3, -0.25) is 4.79 Å². The predicted molar refractivity (Wildman–Crippen MR) is 90.4 cm³/mol. The summed E-state index contributed by atoms with van der Waals surface area (Å²) in [7, 11) is 0. The monoisotopic (exact) mass is 341 g/mol. The van der Waals surface area contributed by atoms with Crippen molar-refractivity contribution in [1.82, 2.24) is 15.6 Å². The molecule has 0 aromatic carbocycles. The fourth-order valence-electron chi connectivity index (χ4n) is 1.73. The van der Waals surface area contributed by atoms with Crippen molar-refractivity contribution in [2.75, 3.05) is 13.1 Å². The van der Waals surface area contributed by atoms with Gasteiger partial charge in [-0.05, 0) is 33.2 Å². The van der Waals surface area contributed by atoms with Crippen LogP contribution in [0.5, 0.6) is 0 Å². The lowest BCUT2D eigenvalue weighted by Crippen LogP contribution is -2.38. The zero-order valence-electron chi connectivity index (χ0n) is 12.3. The Labute approximate surface area is 138 Å². The maximum atomic E-state index is 11.6. The van der Waals surface area contributed by atoms with Crippen LogP contribution in [0.3, 0.4) is 0 Å². The van der Waals surface area contributed by atoms with E-state index in [4.69, 9.17) is 0 Å². The Morgan fingerprint density at radius 3 is 2.70 bits per heavy atom. The molecular weight excluding hydrogens is 317 g/mol. The van der Waals surface area contributed by atoms with E-state index in [1.807, 2.05) is 6.92 Å². The molecule has 0 fully saturated rings. The zero-order valence-corrected chi connectivity index (χ0v) is 14.7. The molecule has 1 aromatic rings. The van der Waals surface area contributed by atoms with Crippen LogP contribution in [-0.2, 0) is 11.2 Å². The van der Waals surface area contributed by atoms with E-state index in [0.717, 1.165) is 30.1 Å². The Hall–Kier alpha value is -0.360. The fourth-order valence-corrected chi connectivity index (χ4v) is 2.38. The number of thiazole rings is 1. The van der Waals surface area contributed by atoms with Crippen LogP contribution in [0.1, 0.15) is 37.4 Å². The maximum Gasteiger partial charge on any atom is 0.220 e. The molecule has 0 spiro atoms. The van der Waals surface area contributed by atoms with E-state index in [-0.39, 0.29) is 30.7 Å². The molecule has 4 nitrogen and oxygen atoms in total. The van der Waals surface area contributed by atoms with Gasteiger partial charge in [0.2, 0.25) is 5.91 Å². The molecule has 0 bridgehead atoms. The largest absolute Gasteiger partial charge is 0.355 e. The van der Waals surface area contributed by atoms with Gasteiger partial charge in [-0.2, -0.15) is 0 Å². The van der Waals surface area contributed by atoms with E-state index >= 15 is 0 Å². The number of rotatable bonds is 8. The molecule has 0 aliphatic carbocycles. The quantitative estimate of drug-likeness (QED) is 0.764. The van der Waals surface area contributed by atoms with Crippen molar-refractivity contribution in [3.63, 3.8) is 0 Å². The number of nitrogens with one attached hydrogen (secondary N) is 2. The molecule has 7 heteroatoms. The van der Waals surface area contributed by atoms with Crippen LogP contribution >= 0.6 is 36.2 Å². The third-order valence-corrected chi connectivity index (χ3v) is 3.48.